The van der Waals surface area contributed by atoms with Crippen molar-refractivity contribution in [2.45, 2.75) is 44.9 Å². The number of aliphatic hydroxyl groups is 1. The molecule has 0 saturated carbocycles. The SMILES string of the molecule is COCc1ccc(CN(CCCO)C2CCCc3ccccc32)o1. The summed E-state index contributed by atoms with van der Waals surface area (Å²) in [6, 6.07) is 13.2. The van der Waals surface area contributed by atoms with Crippen molar-refractivity contribution in [3.8, 4) is 0 Å². The number of ether oxygens (including phenoxy) is 1. The predicted octanol–water partition coefficient (Wildman–Crippen LogP) is 3.69. The highest BCUT2D eigenvalue weighted by molar-refractivity contribution is 5.32. The van der Waals surface area contributed by atoms with Crippen LogP contribution < -0.4 is 0 Å². The van der Waals surface area contributed by atoms with E-state index in [1.807, 2.05) is 12.1 Å². The van der Waals surface area contributed by atoms with Crippen LogP contribution >= 0.6 is 0 Å². The van der Waals surface area contributed by atoms with Gasteiger partial charge in [-0.2, -0.15) is 0 Å². The molecule has 130 valence electrons. The average Bonchev–Trinajstić information content (AvgIpc) is 3.05. The number of hydrogen-bond acceptors (Lipinski definition) is 4. The molecule has 0 amide bonds. The summed E-state index contributed by atoms with van der Waals surface area (Å²) in [5.74, 6) is 1.82. The van der Waals surface area contributed by atoms with Crippen LogP contribution in [0.4, 0.5) is 0 Å². The maximum absolute atomic E-state index is 9.28. The van der Waals surface area contributed by atoms with Crippen molar-refractivity contribution in [3.63, 3.8) is 0 Å². The Morgan fingerprint density at radius 2 is 2.04 bits per heavy atom. The Balaban J connectivity index is 1.78. The second-order valence-electron chi connectivity index (χ2n) is 6.46. The molecule has 0 radical (unpaired) electrons. The van der Waals surface area contributed by atoms with E-state index in [2.05, 4.69) is 29.2 Å². The number of aryl methyl sites for hydroxylation is 1. The van der Waals surface area contributed by atoms with Gasteiger partial charge in [-0.1, -0.05) is 24.3 Å². The summed E-state index contributed by atoms with van der Waals surface area (Å²) in [6.07, 6.45) is 4.32. The molecule has 1 aromatic carbocycles. The highest BCUT2D eigenvalue weighted by atomic mass is 16.5. The van der Waals surface area contributed by atoms with Crippen molar-refractivity contribution in [1.82, 2.24) is 4.90 Å². The highest BCUT2D eigenvalue weighted by Gasteiger charge is 2.26. The Morgan fingerprint density at radius 1 is 1.21 bits per heavy atom. The number of benzene rings is 1. The lowest BCUT2D eigenvalue weighted by molar-refractivity contribution is 0.134. The summed E-state index contributed by atoms with van der Waals surface area (Å²) in [6.45, 7) is 2.36. The monoisotopic (exact) mass is 329 g/mol. The molecule has 1 heterocycles. The standard InChI is InChI=1S/C20H27NO3/c1-23-15-18-11-10-17(24-18)14-21(12-5-13-22)20-9-4-7-16-6-2-3-8-19(16)20/h2-3,6,8,10-11,20,22H,4-5,7,9,12-15H2,1H3. The second kappa shape index (κ2) is 8.47. The summed E-state index contributed by atoms with van der Waals surface area (Å²) in [7, 11) is 1.68. The van der Waals surface area contributed by atoms with Gasteiger partial charge in [0.1, 0.15) is 18.1 Å². The van der Waals surface area contributed by atoms with Gasteiger partial charge in [0.15, 0.2) is 0 Å². The van der Waals surface area contributed by atoms with Gasteiger partial charge in [-0.15, -0.1) is 0 Å². The number of furan rings is 1. The van der Waals surface area contributed by atoms with Crippen molar-refractivity contribution in [3.05, 3.63) is 59.0 Å². The molecule has 4 heteroatoms. The molecule has 0 bridgehead atoms. The van der Waals surface area contributed by atoms with E-state index in [4.69, 9.17) is 9.15 Å². The lowest BCUT2D eigenvalue weighted by atomic mass is 9.86. The Kier molecular flexibility index (Phi) is 6.07. The highest BCUT2D eigenvalue weighted by Crippen LogP contribution is 2.35. The first-order valence-corrected chi connectivity index (χ1v) is 8.81. The first-order valence-electron chi connectivity index (χ1n) is 8.81. The molecule has 0 spiro atoms. The van der Waals surface area contributed by atoms with E-state index in [-0.39, 0.29) is 6.61 Å². The molecule has 1 unspecified atom stereocenters. The average molecular weight is 329 g/mol. The second-order valence-corrected chi connectivity index (χ2v) is 6.46. The number of rotatable bonds is 8. The lowest BCUT2D eigenvalue weighted by Gasteiger charge is -2.35. The van der Waals surface area contributed by atoms with Gasteiger partial charge in [0.25, 0.3) is 0 Å². The first-order chi connectivity index (χ1) is 11.8. The van der Waals surface area contributed by atoms with Crippen LogP contribution in [0.3, 0.4) is 0 Å². The minimum Gasteiger partial charge on any atom is -0.462 e. The minimum absolute atomic E-state index is 0.220. The van der Waals surface area contributed by atoms with Crippen LogP contribution in [0.25, 0.3) is 0 Å². The van der Waals surface area contributed by atoms with Gasteiger partial charge in [0, 0.05) is 26.3 Å². The smallest absolute Gasteiger partial charge is 0.129 e. The Labute approximate surface area is 144 Å². The summed E-state index contributed by atoms with van der Waals surface area (Å²) in [5.41, 5.74) is 2.90. The number of methoxy groups -OCH3 is 1. The van der Waals surface area contributed by atoms with Crippen molar-refractivity contribution >= 4 is 0 Å². The van der Waals surface area contributed by atoms with Gasteiger partial charge in [-0.25, -0.2) is 0 Å². The summed E-state index contributed by atoms with van der Waals surface area (Å²) < 4.78 is 11.0. The zero-order valence-electron chi connectivity index (χ0n) is 14.4. The van der Waals surface area contributed by atoms with E-state index < -0.39 is 0 Å². The topological polar surface area (TPSA) is 45.8 Å². The molecular formula is C20H27NO3. The zero-order valence-corrected chi connectivity index (χ0v) is 14.4. The van der Waals surface area contributed by atoms with Crippen LogP contribution in [0.15, 0.2) is 40.8 Å². The maximum atomic E-state index is 9.28. The van der Waals surface area contributed by atoms with Crippen molar-refractivity contribution in [2.75, 3.05) is 20.3 Å². The van der Waals surface area contributed by atoms with Crippen LogP contribution in [-0.2, 0) is 24.3 Å². The van der Waals surface area contributed by atoms with Gasteiger partial charge in [-0.3, -0.25) is 4.90 Å². The van der Waals surface area contributed by atoms with Crippen LogP contribution in [-0.4, -0.2) is 30.3 Å². The molecule has 1 aliphatic carbocycles. The van der Waals surface area contributed by atoms with Gasteiger partial charge < -0.3 is 14.3 Å². The predicted molar refractivity (Wildman–Crippen MR) is 93.7 cm³/mol. The molecule has 3 rings (SSSR count). The van der Waals surface area contributed by atoms with E-state index in [9.17, 15) is 5.11 Å². The Hall–Kier alpha value is -1.62. The van der Waals surface area contributed by atoms with E-state index in [1.54, 1.807) is 7.11 Å². The van der Waals surface area contributed by atoms with Gasteiger partial charge in [0.05, 0.1) is 6.54 Å². The molecule has 1 atom stereocenters. The molecule has 24 heavy (non-hydrogen) atoms. The van der Waals surface area contributed by atoms with Crippen molar-refractivity contribution in [1.29, 1.82) is 0 Å². The molecule has 0 saturated heterocycles. The molecule has 1 aliphatic rings. The largest absolute Gasteiger partial charge is 0.462 e. The number of hydrogen-bond donors (Lipinski definition) is 1. The Morgan fingerprint density at radius 3 is 2.88 bits per heavy atom. The molecule has 1 aromatic heterocycles. The molecule has 4 nitrogen and oxygen atoms in total. The maximum Gasteiger partial charge on any atom is 0.129 e. The molecular weight excluding hydrogens is 302 g/mol. The van der Waals surface area contributed by atoms with Crippen LogP contribution in [0.1, 0.15) is 48.0 Å². The van der Waals surface area contributed by atoms with E-state index in [1.165, 1.54) is 24.0 Å². The van der Waals surface area contributed by atoms with Crippen molar-refractivity contribution < 1.29 is 14.3 Å². The molecule has 0 aliphatic heterocycles. The van der Waals surface area contributed by atoms with Crippen LogP contribution in [0.5, 0.6) is 0 Å². The van der Waals surface area contributed by atoms with Crippen molar-refractivity contribution in [2.24, 2.45) is 0 Å². The lowest BCUT2D eigenvalue weighted by Crippen LogP contribution is -2.32. The van der Waals surface area contributed by atoms with Gasteiger partial charge in [0.2, 0.25) is 0 Å². The fourth-order valence-electron chi connectivity index (χ4n) is 3.65. The molecule has 2 aromatic rings. The number of aliphatic hydroxyl groups excluding tert-OH is 1. The Bertz CT molecular complexity index is 637. The fourth-order valence-corrected chi connectivity index (χ4v) is 3.65. The number of fused-ring (bicyclic) bond motifs is 1. The summed E-state index contributed by atoms with van der Waals surface area (Å²) >= 11 is 0. The third-order valence-corrected chi connectivity index (χ3v) is 4.74. The third-order valence-electron chi connectivity index (χ3n) is 4.74. The summed E-state index contributed by atoms with van der Waals surface area (Å²) in [5, 5.41) is 9.28. The molecule has 1 N–H and O–H groups in total. The fraction of sp³-hybridized carbons (Fsp3) is 0.500. The van der Waals surface area contributed by atoms with E-state index >= 15 is 0 Å². The molecule has 0 fully saturated rings. The normalized spacial score (nSPS) is 17.2. The van der Waals surface area contributed by atoms with Gasteiger partial charge in [-0.05, 0) is 48.9 Å². The number of nitrogens with zero attached hydrogens (tertiary/aromatic N) is 1. The van der Waals surface area contributed by atoms with Gasteiger partial charge >= 0.3 is 0 Å². The zero-order chi connectivity index (χ0) is 16.8. The van der Waals surface area contributed by atoms with E-state index in [0.29, 0.717) is 12.6 Å². The quantitative estimate of drug-likeness (QED) is 0.802. The summed E-state index contributed by atoms with van der Waals surface area (Å²) in [4.78, 5) is 2.45. The first kappa shape index (κ1) is 17.2. The third kappa shape index (κ3) is 4.07. The minimum atomic E-state index is 0.220. The van der Waals surface area contributed by atoms with E-state index in [0.717, 1.165) is 37.5 Å². The van der Waals surface area contributed by atoms with Crippen LogP contribution in [0.2, 0.25) is 0 Å². The van der Waals surface area contributed by atoms with Crippen LogP contribution in [0, 0.1) is 0 Å².